The van der Waals surface area contributed by atoms with Gasteiger partial charge in [0.2, 0.25) is 0 Å². The van der Waals surface area contributed by atoms with Gasteiger partial charge in [0.1, 0.15) is 6.61 Å². The van der Waals surface area contributed by atoms with Gasteiger partial charge in [-0.15, -0.1) is 0 Å². The van der Waals surface area contributed by atoms with Crippen molar-refractivity contribution >= 4 is 34.9 Å². The Kier molecular flexibility index (Phi) is 11.6. The van der Waals surface area contributed by atoms with Gasteiger partial charge in [-0.25, -0.2) is 29.0 Å². The predicted molar refractivity (Wildman–Crippen MR) is 205 cm³/mol. The maximum atomic E-state index is 14.0. The van der Waals surface area contributed by atoms with Crippen molar-refractivity contribution in [2.45, 2.75) is 38.7 Å². The van der Waals surface area contributed by atoms with Gasteiger partial charge in [0.15, 0.2) is 29.8 Å². The number of nitrogens with zero attached hydrogens (tertiary/aromatic N) is 7. The van der Waals surface area contributed by atoms with E-state index in [1.807, 2.05) is 13.8 Å². The number of carbonyl (C=O) groups excluding carboxylic acids is 4. The Morgan fingerprint density at radius 3 is 1.66 bits per heavy atom. The summed E-state index contributed by atoms with van der Waals surface area (Å²) in [5, 5.41) is 0. The number of carbonyl (C=O) groups is 4. The Balaban J connectivity index is 1.42. The molecule has 2 aliphatic rings. The molecule has 7 rings (SSSR count). The minimum atomic E-state index is -1.81. The van der Waals surface area contributed by atoms with Crippen LogP contribution in [0.3, 0.4) is 0 Å². The minimum Gasteiger partial charge on any atom is -0.458 e. The van der Waals surface area contributed by atoms with E-state index in [0.717, 1.165) is 11.1 Å². The SMILES string of the molecule is Cc1cc2nc3c(=O)[nH]c(=O)nc-3n(C[C@@H](OC(=O)c3cccnc3)[C@@H](OC(=O)c3cccnc3)[C@H](COC(=O)c3cccnc3)OC(=O)c3cccnc3)c2cc1C. The standard InChI is InChI=1S/C41H32N8O10/c1-23-15-29-30(16-24(23)2)49(35-33(46-29)36(50)48-41(55)47-35)21-31(57-38(52)26-8-4-12-43-18-26)34(59-40(54)28-10-6-14-45-20-28)32(58-39(53)27-9-5-13-44-19-27)22-56-37(51)25-7-3-11-42-17-25/h3-20,31-32,34H,21-22H2,1-2H3,(H,48,50,55)/t31-,32+,34-/m1/s1. The normalized spacial score (nSPS) is 12.6. The Morgan fingerprint density at radius 1 is 0.644 bits per heavy atom. The second kappa shape index (κ2) is 17.4. The van der Waals surface area contributed by atoms with Gasteiger partial charge in [0, 0.05) is 49.6 Å². The Morgan fingerprint density at radius 2 is 1.14 bits per heavy atom. The summed E-state index contributed by atoms with van der Waals surface area (Å²) < 4.78 is 25.3. The van der Waals surface area contributed by atoms with Crippen LogP contribution in [0.5, 0.6) is 0 Å². The highest BCUT2D eigenvalue weighted by Gasteiger charge is 2.41. The Bertz CT molecular complexity index is 2730. The molecule has 0 saturated heterocycles. The van der Waals surface area contributed by atoms with Crippen LogP contribution in [-0.4, -0.2) is 88.3 Å². The molecule has 5 aromatic rings. The maximum absolute atomic E-state index is 14.0. The number of rotatable bonds is 13. The molecule has 2 aliphatic heterocycles. The first kappa shape index (κ1) is 39.2. The third-order valence-electron chi connectivity index (χ3n) is 9.05. The molecule has 0 spiro atoms. The Hall–Kier alpha value is -8.02. The van der Waals surface area contributed by atoms with Crippen molar-refractivity contribution in [3.8, 4) is 11.5 Å². The van der Waals surface area contributed by atoms with Gasteiger partial charge in [-0.3, -0.25) is 29.7 Å². The summed E-state index contributed by atoms with van der Waals surface area (Å²) in [6, 6.07) is 15.2. The number of H-pyrrole nitrogens is 1. The van der Waals surface area contributed by atoms with Crippen molar-refractivity contribution in [1.82, 2.24) is 39.5 Å². The number of ether oxygens (including phenoxy) is 4. The topological polar surface area (TPSA) is 237 Å². The van der Waals surface area contributed by atoms with Gasteiger partial charge in [-0.1, -0.05) is 0 Å². The number of aryl methyl sites for hydroxylation is 2. The van der Waals surface area contributed by atoms with Gasteiger partial charge < -0.3 is 23.5 Å². The zero-order chi connectivity index (χ0) is 41.5. The van der Waals surface area contributed by atoms with E-state index in [2.05, 4.69) is 34.9 Å². The fourth-order valence-corrected chi connectivity index (χ4v) is 5.99. The van der Waals surface area contributed by atoms with Crippen molar-refractivity contribution in [2.24, 2.45) is 0 Å². The number of nitrogens with one attached hydrogen (secondary N) is 1. The molecule has 4 aromatic heterocycles. The van der Waals surface area contributed by atoms with E-state index >= 15 is 0 Å². The first-order valence-electron chi connectivity index (χ1n) is 17.9. The summed E-state index contributed by atoms with van der Waals surface area (Å²) in [7, 11) is 0. The van der Waals surface area contributed by atoms with Gasteiger partial charge in [-0.2, -0.15) is 4.98 Å². The molecule has 18 heteroatoms. The van der Waals surface area contributed by atoms with Crippen LogP contribution in [0.2, 0.25) is 0 Å². The number of esters is 4. The van der Waals surface area contributed by atoms with Crippen LogP contribution in [0.4, 0.5) is 0 Å². The summed E-state index contributed by atoms with van der Waals surface area (Å²) in [5.41, 5.74) is 0.160. The van der Waals surface area contributed by atoms with E-state index < -0.39 is 66.6 Å². The van der Waals surface area contributed by atoms with Crippen LogP contribution >= 0.6 is 0 Å². The third kappa shape index (κ3) is 9.01. The Labute approximate surface area is 333 Å². The molecule has 0 aliphatic carbocycles. The molecule has 6 heterocycles. The van der Waals surface area contributed by atoms with Gasteiger partial charge >= 0.3 is 29.6 Å². The average molecular weight is 797 g/mol. The monoisotopic (exact) mass is 796 g/mol. The smallest absolute Gasteiger partial charge is 0.349 e. The number of aromatic amines is 1. The summed E-state index contributed by atoms with van der Waals surface area (Å²) in [6.07, 6.45) is 5.53. The highest BCUT2D eigenvalue weighted by Crippen LogP contribution is 2.27. The fourth-order valence-electron chi connectivity index (χ4n) is 5.99. The first-order chi connectivity index (χ1) is 28.5. The minimum absolute atomic E-state index is 0.0147. The van der Waals surface area contributed by atoms with Crippen LogP contribution in [0.25, 0.3) is 22.6 Å². The van der Waals surface area contributed by atoms with E-state index in [1.165, 1.54) is 103 Å². The van der Waals surface area contributed by atoms with Crippen molar-refractivity contribution < 1.29 is 38.1 Å². The van der Waals surface area contributed by atoms with Gasteiger partial charge in [0.25, 0.3) is 5.56 Å². The first-order valence-corrected chi connectivity index (χ1v) is 17.9. The van der Waals surface area contributed by atoms with Gasteiger partial charge in [0.05, 0.1) is 39.8 Å². The molecular formula is C41H32N8O10. The average Bonchev–Trinajstić information content (AvgIpc) is 3.26. The number of hydrogen-bond acceptors (Lipinski definition) is 16. The molecule has 1 aromatic carbocycles. The molecule has 59 heavy (non-hydrogen) atoms. The number of aromatic nitrogens is 8. The molecule has 0 radical (unpaired) electrons. The fraction of sp³-hybridized carbons (Fsp3) is 0.171. The van der Waals surface area contributed by atoms with Gasteiger partial charge in [-0.05, 0) is 85.6 Å². The third-order valence-corrected chi connectivity index (χ3v) is 9.05. The van der Waals surface area contributed by atoms with E-state index in [0.29, 0.717) is 11.0 Å². The zero-order valence-electron chi connectivity index (χ0n) is 31.3. The van der Waals surface area contributed by atoms with E-state index in [-0.39, 0.29) is 33.8 Å². The molecule has 0 unspecified atom stereocenters. The predicted octanol–water partition coefficient (Wildman–Crippen LogP) is 3.32. The lowest BCUT2D eigenvalue weighted by atomic mass is 10.0. The molecule has 18 nitrogen and oxygen atoms in total. The van der Waals surface area contributed by atoms with Crippen LogP contribution in [0, 0.1) is 13.8 Å². The largest absolute Gasteiger partial charge is 0.458 e. The van der Waals surface area contributed by atoms with Crippen LogP contribution in [0.1, 0.15) is 52.6 Å². The number of benzene rings is 1. The van der Waals surface area contributed by atoms with Crippen LogP contribution < -0.4 is 11.2 Å². The quantitative estimate of drug-likeness (QED) is 0.100. The van der Waals surface area contributed by atoms with E-state index in [9.17, 15) is 28.8 Å². The summed E-state index contributed by atoms with van der Waals surface area (Å²) in [4.78, 5) is 108. The summed E-state index contributed by atoms with van der Waals surface area (Å²) >= 11 is 0. The number of fused-ring (bicyclic) bond motifs is 2. The molecular weight excluding hydrogens is 764 g/mol. The molecule has 0 amide bonds. The summed E-state index contributed by atoms with van der Waals surface area (Å²) in [5.74, 6) is -4.01. The highest BCUT2D eigenvalue weighted by atomic mass is 16.6. The lowest BCUT2D eigenvalue weighted by Crippen LogP contribution is -2.50. The molecule has 0 bridgehead atoms. The van der Waals surface area contributed by atoms with Crippen LogP contribution in [-0.2, 0) is 25.5 Å². The highest BCUT2D eigenvalue weighted by molar-refractivity contribution is 5.91. The molecule has 1 N–H and O–H groups in total. The van der Waals surface area contributed by atoms with Crippen molar-refractivity contribution in [3.63, 3.8) is 0 Å². The number of pyridine rings is 4. The van der Waals surface area contributed by atoms with E-state index in [4.69, 9.17) is 18.9 Å². The molecule has 0 saturated carbocycles. The molecule has 0 fully saturated rings. The lowest BCUT2D eigenvalue weighted by molar-refractivity contribution is -0.104. The number of hydrogen-bond donors (Lipinski definition) is 1. The van der Waals surface area contributed by atoms with Crippen molar-refractivity contribution in [3.05, 3.63) is 164 Å². The lowest BCUT2D eigenvalue weighted by Gasteiger charge is -2.33. The molecule has 296 valence electrons. The molecule has 3 atom stereocenters. The summed E-state index contributed by atoms with van der Waals surface area (Å²) in [6.45, 7) is 2.41. The van der Waals surface area contributed by atoms with Crippen molar-refractivity contribution in [2.75, 3.05) is 6.61 Å². The second-order valence-corrected chi connectivity index (χ2v) is 13.0. The zero-order valence-corrected chi connectivity index (χ0v) is 31.3. The van der Waals surface area contributed by atoms with E-state index in [1.54, 1.807) is 12.1 Å². The van der Waals surface area contributed by atoms with Crippen molar-refractivity contribution in [1.29, 1.82) is 0 Å². The second-order valence-electron chi connectivity index (χ2n) is 13.0. The van der Waals surface area contributed by atoms with Crippen LogP contribution in [0.15, 0.2) is 120 Å². The maximum Gasteiger partial charge on any atom is 0.349 e.